The second kappa shape index (κ2) is 8.99. The molecule has 3 rings (SSSR count). The number of methoxy groups -OCH3 is 1. The maximum absolute atomic E-state index is 12.5. The molecule has 6 heteroatoms. The van der Waals surface area contributed by atoms with E-state index < -0.39 is 0 Å². The first-order valence-corrected chi connectivity index (χ1v) is 9.16. The molecule has 0 saturated carbocycles. The van der Waals surface area contributed by atoms with Gasteiger partial charge in [0.2, 0.25) is 5.95 Å². The lowest BCUT2D eigenvalue weighted by molar-refractivity contribution is 0.102. The van der Waals surface area contributed by atoms with Crippen LogP contribution in [0.1, 0.15) is 41.3 Å². The van der Waals surface area contributed by atoms with Gasteiger partial charge in [-0.3, -0.25) is 4.79 Å². The number of ether oxygens (including phenoxy) is 1. The number of rotatable bonds is 7. The summed E-state index contributed by atoms with van der Waals surface area (Å²) in [6.45, 7) is 4.71. The van der Waals surface area contributed by atoms with Crippen molar-refractivity contribution in [3.05, 3.63) is 77.6 Å². The quantitative estimate of drug-likeness (QED) is 0.636. The third kappa shape index (κ3) is 4.65. The summed E-state index contributed by atoms with van der Waals surface area (Å²) in [4.78, 5) is 21.0. The van der Waals surface area contributed by atoms with Crippen LogP contribution in [0.15, 0.2) is 60.9 Å². The number of benzene rings is 2. The second-order valence-corrected chi connectivity index (χ2v) is 6.66. The highest BCUT2D eigenvalue weighted by molar-refractivity contribution is 6.04. The molecular formula is C22H24N4O2. The average Bonchev–Trinajstić information content (AvgIpc) is 2.73. The molecule has 0 bridgehead atoms. The lowest BCUT2D eigenvalue weighted by Crippen LogP contribution is -2.15. The molecule has 0 atom stereocenters. The van der Waals surface area contributed by atoms with Gasteiger partial charge in [-0.15, -0.1) is 0 Å². The van der Waals surface area contributed by atoms with Crippen LogP contribution in [0.5, 0.6) is 5.75 Å². The monoisotopic (exact) mass is 376 g/mol. The molecule has 1 heterocycles. The van der Waals surface area contributed by atoms with Crippen molar-refractivity contribution < 1.29 is 9.53 Å². The van der Waals surface area contributed by atoms with Crippen LogP contribution in [0.3, 0.4) is 0 Å². The van der Waals surface area contributed by atoms with Gasteiger partial charge in [0.1, 0.15) is 5.75 Å². The number of amides is 1. The van der Waals surface area contributed by atoms with Crippen LogP contribution in [0.2, 0.25) is 0 Å². The molecule has 0 radical (unpaired) electrons. The van der Waals surface area contributed by atoms with Crippen molar-refractivity contribution in [1.29, 1.82) is 0 Å². The molecule has 2 aromatic carbocycles. The number of carbonyl (C=O) groups is 1. The Hall–Kier alpha value is -3.41. The van der Waals surface area contributed by atoms with Crippen molar-refractivity contribution in [1.82, 2.24) is 9.97 Å². The maximum Gasteiger partial charge on any atom is 0.258 e. The Bertz CT molecular complexity index is 939. The number of para-hydroxylation sites is 2. The number of nitrogens with zero attached hydrogens (tertiary/aromatic N) is 2. The van der Waals surface area contributed by atoms with Crippen molar-refractivity contribution in [3.8, 4) is 5.75 Å². The molecule has 0 unspecified atom stereocenters. The van der Waals surface area contributed by atoms with Crippen LogP contribution in [0.25, 0.3) is 0 Å². The Morgan fingerprint density at radius 2 is 1.71 bits per heavy atom. The molecular weight excluding hydrogens is 352 g/mol. The van der Waals surface area contributed by atoms with E-state index in [0.717, 1.165) is 22.6 Å². The molecule has 1 aromatic heterocycles. The summed E-state index contributed by atoms with van der Waals surface area (Å²) < 4.78 is 5.33. The molecule has 0 aliphatic rings. The van der Waals surface area contributed by atoms with Crippen LogP contribution in [0.4, 0.5) is 11.6 Å². The predicted molar refractivity (Wildman–Crippen MR) is 111 cm³/mol. The van der Waals surface area contributed by atoms with Crippen LogP contribution < -0.4 is 15.4 Å². The van der Waals surface area contributed by atoms with E-state index in [9.17, 15) is 4.79 Å². The third-order valence-electron chi connectivity index (χ3n) is 4.37. The van der Waals surface area contributed by atoms with Gasteiger partial charge in [0.25, 0.3) is 5.91 Å². The van der Waals surface area contributed by atoms with Gasteiger partial charge in [0, 0.05) is 30.2 Å². The summed E-state index contributed by atoms with van der Waals surface area (Å²) in [7, 11) is 1.64. The van der Waals surface area contributed by atoms with E-state index in [1.807, 2.05) is 48.5 Å². The van der Waals surface area contributed by atoms with Crippen LogP contribution >= 0.6 is 0 Å². The Morgan fingerprint density at radius 1 is 1.04 bits per heavy atom. The highest BCUT2D eigenvalue weighted by Gasteiger charge is 2.12. The van der Waals surface area contributed by atoms with E-state index in [4.69, 9.17) is 4.74 Å². The minimum atomic E-state index is -0.232. The molecule has 0 fully saturated rings. The second-order valence-electron chi connectivity index (χ2n) is 6.66. The lowest BCUT2D eigenvalue weighted by atomic mass is 10.0. The summed E-state index contributed by atoms with van der Waals surface area (Å²) in [5.74, 6) is 1.33. The molecule has 0 spiro atoms. The molecule has 3 aromatic rings. The fourth-order valence-corrected chi connectivity index (χ4v) is 2.87. The summed E-state index contributed by atoms with van der Waals surface area (Å²) in [5, 5.41) is 6.09. The molecule has 0 aliphatic heterocycles. The highest BCUT2D eigenvalue weighted by atomic mass is 16.5. The Morgan fingerprint density at radius 3 is 2.43 bits per heavy atom. The molecule has 1 amide bonds. The van der Waals surface area contributed by atoms with Crippen molar-refractivity contribution in [2.45, 2.75) is 26.3 Å². The summed E-state index contributed by atoms with van der Waals surface area (Å²) >= 11 is 0. The molecule has 28 heavy (non-hydrogen) atoms. The Labute approximate surface area is 165 Å². The van der Waals surface area contributed by atoms with E-state index in [1.54, 1.807) is 7.11 Å². The van der Waals surface area contributed by atoms with Crippen LogP contribution in [0, 0.1) is 0 Å². The van der Waals surface area contributed by atoms with Gasteiger partial charge in [-0.05, 0) is 23.6 Å². The van der Waals surface area contributed by atoms with Gasteiger partial charge in [0.15, 0.2) is 0 Å². The Balaban J connectivity index is 1.65. The standard InChI is InChI=1S/C22H24N4O2/c1-15(2)18-9-5-6-10-19(18)26-21(27)17-13-24-22(25-14-17)23-12-16-8-4-7-11-20(16)28-3/h4-11,13-15H,12H2,1-3H3,(H,26,27)(H,23,24,25). The van der Waals surface area contributed by atoms with Crippen LogP contribution in [-0.2, 0) is 6.54 Å². The Kier molecular flexibility index (Phi) is 6.22. The predicted octanol–water partition coefficient (Wildman–Crippen LogP) is 4.47. The third-order valence-corrected chi connectivity index (χ3v) is 4.37. The molecule has 0 saturated heterocycles. The minimum Gasteiger partial charge on any atom is -0.496 e. The minimum absolute atomic E-state index is 0.232. The smallest absolute Gasteiger partial charge is 0.258 e. The number of hydrogen-bond donors (Lipinski definition) is 2. The van der Waals surface area contributed by atoms with E-state index in [0.29, 0.717) is 24.0 Å². The first kappa shape index (κ1) is 19.4. The van der Waals surface area contributed by atoms with E-state index in [1.165, 1.54) is 12.4 Å². The van der Waals surface area contributed by atoms with Gasteiger partial charge in [-0.25, -0.2) is 9.97 Å². The number of anilines is 2. The van der Waals surface area contributed by atoms with Gasteiger partial charge in [-0.2, -0.15) is 0 Å². The van der Waals surface area contributed by atoms with Crippen molar-refractivity contribution in [2.24, 2.45) is 0 Å². The zero-order valence-electron chi connectivity index (χ0n) is 16.3. The SMILES string of the molecule is COc1ccccc1CNc1ncc(C(=O)Nc2ccccc2C(C)C)cn1. The van der Waals surface area contributed by atoms with Gasteiger partial charge in [0.05, 0.1) is 12.7 Å². The van der Waals surface area contributed by atoms with Crippen molar-refractivity contribution >= 4 is 17.5 Å². The lowest BCUT2D eigenvalue weighted by Gasteiger charge is -2.13. The van der Waals surface area contributed by atoms with Crippen LogP contribution in [-0.4, -0.2) is 23.0 Å². The fraction of sp³-hybridized carbons (Fsp3) is 0.227. The van der Waals surface area contributed by atoms with Gasteiger partial charge < -0.3 is 15.4 Å². The summed E-state index contributed by atoms with van der Waals surface area (Å²) in [6.07, 6.45) is 3.04. The topological polar surface area (TPSA) is 76.1 Å². The van der Waals surface area contributed by atoms with E-state index in [2.05, 4.69) is 34.4 Å². The first-order chi connectivity index (χ1) is 13.6. The number of aromatic nitrogens is 2. The fourth-order valence-electron chi connectivity index (χ4n) is 2.87. The van der Waals surface area contributed by atoms with E-state index in [-0.39, 0.29) is 5.91 Å². The highest BCUT2D eigenvalue weighted by Crippen LogP contribution is 2.24. The summed E-state index contributed by atoms with van der Waals surface area (Å²) in [5.41, 5.74) is 3.30. The maximum atomic E-state index is 12.5. The van der Waals surface area contributed by atoms with Crippen molar-refractivity contribution in [2.75, 3.05) is 17.7 Å². The van der Waals surface area contributed by atoms with Crippen molar-refractivity contribution in [3.63, 3.8) is 0 Å². The number of hydrogen-bond acceptors (Lipinski definition) is 5. The average molecular weight is 376 g/mol. The molecule has 2 N–H and O–H groups in total. The van der Waals surface area contributed by atoms with Gasteiger partial charge >= 0.3 is 0 Å². The number of nitrogens with one attached hydrogen (secondary N) is 2. The normalized spacial score (nSPS) is 10.6. The molecule has 144 valence electrons. The van der Waals surface area contributed by atoms with Gasteiger partial charge in [-0.1, -0.05) is 50.2 Å². The molecule has 6 nitrogen and oxygen atoms in total. The first-order valence-electron chi connectivity index (χ1n) is 9.16. The zero-order valence-corrected chi connectivity index (χ0v) is 16.3. The number of carbonyl (C=O) groups excluding carboxylic acids is 1. The molecule has 0 aliphatic carbocycles. The van der Waals surface area contributed by atoms with E-state index >= 15 is 0 Å². The zero-order chi connectivity index (χ0) is 19.9. The largest absolute Gasteiger partial charge is 0.496 e. The summed E-state index contributed by atoms with van der Waals surface area (Å²) in [6, 6.07) is 15.5.